The molecule has 0 aromatic heterocycles. The predicted octanol–water partition coefficient (Wildman–Crippen LogP) is 5.30. The molecule has 2 aromatic rings. The van der Waals surface area contributed by atoms with Crippen LogP contribution in [0.5, 0.6) is 5.75 Å². The van der Waals surface area contributed by atoms with E-state index in [0.29, 0.717) is 0 Å². The van der Waals surface area contributed by atoms with E-state index in [1.165, 1.54) is 24.0 Å². The molecule has 0 N–H and O–H groups in total. The Labute approximate surface area is 123 Å². The number of halogens is 1. The molecule has 0 atom stereocenters. The average molecular weight is 319 g/mol. The van der Waals surface area contributed by atoms with E-state index in [4.69, 9.17) is 4.74 Å². The molecular weight excluding hydrogens is 300 g/mol. The van der Waals surface area contributed by atoms with E-state index in [1.807, 2.05) is 18.2 Å². The predicted molar refractivity (Wildman–Crippen MR) is 85.0 cm³/mol. The van der Waals surface area contributed by atoms with Crippen LogP contribution in [0.4, 0.5) is 0 Å². The van der Waals surface area contributed by atoms with Crippen LogP contribution >= 0.6 is 15.9 Å². The van der Waals surface area contributed by atoms with E-state index in [2.05, 4.69) is 52.3 Å². The minimum Gasteiger partial charge on any atom is -0.493 e. The second kappa shape index (κ2) is 8.00. The van der Waals surface area contributed by atoms with Gasteiger partial charge in [0, 0.05) is 10.9 Å². The molecule has 19 heavy (non-hydrogen) atoms. The first kappa shape index (κ1) is 14.1. The second-order valence-electron chi connectivity index (χ2n) is 4.46. The Kier molecular flexibility index (Phi) is 5.96. The van der Waals surface area contributed by atoms with Crippen molar-refractivity contribution in [1.29, 1.82) is 0 Å². The van der Waals surface area contributed by atoms with Gasteiger partial charge in [-0.15, -0.1) is 0 Å². The third kappa shape index (κ3) is 4.39. The molecule has 0 fully saturated rings. The lowest BCUT2D eigenvalue weighted by atomic mass is 10.1. The van der Waals surface area contributed by atoms with Crippen molar-refractivity contribution >= 4 is 15.9 Å². The van der Waals surface area contributed by atoms with Crippen molar-refractivity contribution in [3.63, 3.8) is 0 Å². The lowest BCUT2D eigenvalue weighted by Gasteiger charge is -2.11. The molecule has 2 aromatic carbocycles. The number of para-hydroxylation sites is 1. The monoisotopic (exact) mass is 318 g/mol. The smallest absolute Gasteiger partial charge is 0.127 e. The minimum absolute atomic E-state index is 0.789. The Morgan fingerprint density at radius 1 is 0.789 bits per heavy atom. The Balaban J connectivity index is 2.01. The van der Waals surface area contributed by atoms with Crippen LogP contribution < -0.4 is 4.74 Å². The lowest BCUT2D eigenvalue weighted by molar-refractivity contribution is 0.308. The Morgan fingerprint density at radius 3 is 2.32 bits per heavy atom. The van der Waals surface area contributed by atoms with Crippen LogP contribution in [0, 0.1) is 0 Å². The van der Waals surface area contributed by atoms with E-state index in [-0.39, 0.29) is 0 Å². The highest BCUT2D eigenvalue weighted by Crippen LogP contribution is 2.29. The quantitative estimate of drug-likeness (QED) is 0.497. The van der Waals surface area contributed by atoms with Crippen molar-refractivity contribution in [3.05, 3.63) is 54.6 Å². The van der Waals surface area contributed by atoms with Crippen molar-refractivity contribution in [3.8, 4) is 16.9 Å². The van der Waals surface area contributed by atoms with Gasteiger partial charge < -0.3 is 4.74 Å². The van der Waals surface area contributed by atoms with Gasteiger partial charge in [-0.2, -0.15) is 0 Å². The van der Waals surface area contributed by atoms with Gasteiger partial charge in [-0.05, 0) is 30.9 Å². The molecule has 0 spiro atoms. The first-order chi connectivity index (χ1) is 9.42. The Hall–Kier alpha value is -1.28. The molecule has 0 unspecified atom stereocenters. The van der Waals surface area contributed by atoms with E-state index in [1.54, 1.807) is 0 Å². The van der Waals surface area contributed by atoms with Crippen molar-refractivity contribution in [2.75, 3.05) is 11.9 Å². The van der Waals surface area contributed by atoms with Gasteiger partial charge in [-0.3, -0.25) is 0 Å². The van der Waals surface area contributed by atoms with E-state index in [9.17, 15) is 0 Å². The summed E-state index contributed by atoms with van der Waals surface area (Å²) in [4.78, 5) is 0. The van der Waals surface area contributed by atoms with Gasteiger partial charge in [-0.1, -0.05) is 64.5 Å². The number of hydrogen-bond donors (Lipinski definition) is 0. The summed E-state index contributed by atoms with van der Waals surface area (Å²) in [6.45, 7) is 0.789. The first-order valence-corrected chi connectivity index (χ1v) is 7.87. The maximum absolute atomic E-state index is 5.92. The van der Waals surface area contributed by atoms with E-state index < -0.39 is 0 Å². The molecule has 100 valence electrons. The molecule has 0 saturated heterocycles. The molecule has 0 radical (unpaired) electrons. The van der Waals surface area contributed by atoms with E-state index >= 15 is 0 Å². The van der Waals surface area contributed by atoms with Gasteiger partial charge in [0.1, 0.15) is 5.75 Å². The largest absolute Gasteiger partial charge is 0.493 e. The van der Waals surface area contributed by atoms with Gasteiger partial charge in [-0.25, -0.2) is 0 Å². The summed E-state index contributed by atoms with van der Waals surface area (Å²) >= 11 is 3.45. The summed E-state index contributed by atoms with van der Waals surface area (Å²) in [6, 6.07) is 18.6. The van der Waals surface area contributed by atoms with Crippen LogP contribution in [0.2, 0.25) is 0 Å². The van der Waals surface area contributed by atoms with Crippen LogP contribution in [0.1, 0.15) is 19.3 Å². The van der Waals surface area contributed by atoms with Crippen molar-refractivity contribution in [2.45, 2.75) is 19.3 Å². The van der Waals surface area contributed by atoms with Gasteiger partial charge >= 0.3 is 0 Å². The van der Waals surface area contributed by atoms with Gasteiger partial charge in [0.05, 0.1) is 6.61 Å². The third-order valence-electron chi connectivity index (χ3n) is 3.01. The zero-order valence-electron chi connectivity index (χ0n) is 11.0. The van der Waals surface area contributed by atoms with Crippen LogP contribution in [-0.4, -0.2) is 11.9 Å². The number of alkyl halides is 1. The van der Waals surface area contributed by atoms with Crippen LogP contribution in [0.25, 0.3) is 11.1 Å². The molecular formula is C17H19BrO. The topological polar surface area (TPSA) is 9.23 Å². The lowest BCUT2D eigenvalue weighted by Crippen LogP contribution is -1.98. The van der Waals surface area contributed by atoms with Gasteiger partial charge in [0.25, 0.3) is 0 Å². The summed E-state index contributed by atoms with van der Waals surface area (Å²) in [6.07, 6.45) is 3.52. The molecule has 0 aliphatic rings. The summed E-state index contributed by atoms with van der Waals surface area (Å²) < 4.78 is 5.92. The van der Waals surface area contributed by atoms with Crippen molar-refractivity contribution < 1.29 is 4.74 Å². The fourth-order valence-corrected chi connectivity index (χ4v) is 2.40. The van der Waals surface area contributed by atoms with E-state index in [0.717, 1.165) is 24.1 Å². The number of benzene rings is 2. The fourth-order valence-electron chi connectivity index (χ4n) is 2.00. The van der Waals surface area contributed by atoms with Gasteiger partial charge in [0.2, 0.25) is 0 Å². The molecule has 0 aliphatic carbocycles. The molecule has 0 amide bonds. The second-order valence-corrected chi connectivity index (χ2v) is 5.25. The average Bonchev–Trinajstić information content (AvgIpc) is 2.48. The van der Waals surface area contributed by atoms with Crippen molar-refractivity contribution in [1.82, 2.24) is 0 Å². The number of hydrogen-bond acceptors (Lipinski definition) is 1. The summed E-state index contributed by atoms with van der Waals surface area (Å²) in [5, 5.41) is 1.08. The highest BCUT2D eigenvalue weighted by molar-refractivity contribution is 9.09. The van der Waals surface area contributed by atoms with Crippen LogP contribution in [0.3, 0.4) is 0 Å². The molecule has 2 rings (SSSR count). The maximum Gasteiger partial charge on any atom is 0.127 e. The first-order valence-electron chi connectivity index (χ1n) is 6.75. The molecule has 0 heterocycles. The zero-order chi connectivity index (χ0) is 13.3. The summed E-state index contributed by atoms with van der Waals surface area (Å²) in [5.74, 6) is 0.979. The normalized spacial score (nSPS) is 10.4. The fraction of sp³-hybridized carbons (Fsp3) is 0.294. The molecule has 0 aliphatic heterocycles. The maximum atomic E-state index is 5.92. The highest BCUT2D eigenvalue weighted by Gasteiger charge is 2.04. The molecule has 0 saturated carbocycles. The Bertz CT molecular complexity index is 482. The standard InChI is InChI=1S/C17H19BrO/c18-13-7-2-8-14-19-17-12-6-5-11-16(17)15-9-3-1-4-10-15/h1,3-6,9-12H,2,7-8,13-14H2. The summed E-state index contributed by atoms with van der Waals surface area (Å²) in [7, 11) is 0. The number of ether oxygens (including phenoxy) is 1. The van der Waals surface area contributed by atoms with Crippen LogP contribution in [0.15, 0.2) is 54.6 Å². The zero-order valence-corrected chi connectivity index (χ0v) is 12.6. The molecule has 2 heteroatoms. The Morgan fingerprint density at radius 2 is 1.53 bits per heavy atom. The minimum atomic E-state index is 0.789. The summed E-state index contributed by atoms with van der Waals surface area (Å²) in [5.41, 5.74) is 2.38. The van der Waals surface area contributed by atoms with Crippen LogP contribution in [-0.2, 0) is 0 Å². The molecule has 1 nitrogen and oxygen atoms in total. The van der Waals surface area contributed by atoms with Gasteiger partial charge in [0.15, 0.2) is 0 Å². The number of unbranched alkanes of at least 4 members (excludes halogenated alkanes) is 2. The third-order valence-corrected chi connectivity index (χ3v) is 3.57. The molecule has 0 bridgehead atoms. The SMILES string of the molecule is BrCCCCCOc1ccccc1-c1ccccc1. The number of rotatable bonds is 7. The van der Waals surface area contributed by atoms with Crippen molar-refractivity contribution in [2.24, 2.45) is 0 Å². The highest BCUT2D eigenvalue weighted by atomic mass is 79.9.